The van der Waals surface area contributed by atoms with Gasteiger partial charge in [-0.1, -0.05) is 25.3 Å². The molecular formula is C15H21N3O. The van der Waals surface area contributed by atoms with Crippen molar-refractivity contribution < 1.29 is 4.79 Å². The van der Waals surface area contributed by atoms with Crippen molar-refractivity contribution in [3.63, 3.8) is 0 Å². The third kappa shape index (κ3) is 4.09. The van der Waals surface area contributed by atoms with Crippen molar-refractivity contribution in [1.29, 1.82) is 0 Å². The van der Waals surface area contributed by atoms with Gasteiger partial charge in [-0.05, 0) is 25.0 Å². The predicted octanol–water partition coefficient (Wildman–Crippen LogP) is 3.20. The Labute approximate surface area is 114 Å². The predicted molar refractivity (Wildman–Crippen MR) is 78.1 cm³/mol. The molecule has 0 spiro atoms. The van der Waals surface area contributed by atoms with Crippen LogP contribution in [0.25, 0.3) is 0 Å². The molecule has 102 valence electrons. The molecule has 4 heteroatoms. The SMILES string of the molecule is C=CCNc1ccc(NC(=O)C2CCCCC2)nc1. The summed E-state index contributed by atoms with van der Waals surface area (Å²) in [5.41, 5.74) is 0.926. The zero-order valence-electron chi connectivity index (χ0n) is 11.2. The molecule has 1 amide bonds. The number of anilines is 2. The van der Waals surface area contributed by atoms with E-state index in [1.54, 1.807) is 12.3 Å². The van der Waals surface area contributed by atoms with Gasteiger partial charge < -0.3 is 10.6 Å². The molecule has 1 aliphatic carbocycles. The molecule has 4 nitrogen and oxygen atoms in total. The highest BCUT2D eigenvalue weighted by atomic mass is 16.1. The number of amides is 1. The normalized spacial score (nSPS) is 15.8. The second kappa shape index (κ2) is 6.92. The average Bonchev–Trinajstić information content (AvgIpc) is 2.47. The van der Waals surface area contributed by atoms with Gasteiger partial charge in [0.1, 0.15) is 5.82 Å². The Hall–Kier alpha value is -1.84. The van der Waals surface area contributed by atoms with Crippen LogP contribution in [0.4, 0.5) is 11.5 Å². The first-order valence-electron chi connectivity index (χ1n) is 6.91. The molecule has 19 heavy (non-hydrogen) atoms. The highest BCUT2D eigenvalue weighted by Gasteiger charge is 2.21. The minimum atomic E-state index is 0.110. The summed E-state index contributed by atoms with van der Waals surface area (Å²) in [6.07, 6.45) is 9.10. The molecule has 2 N–H and O–H groups in total. The number of rotatable bonds is 5. The van der Waals surface area contributed by atoms with Crippen LogP contribution in [0.2, 0.25) is 0 Å². The fourth-order valence-corrected chi connectivity index (χ4v) is 2.36. The highest BCUT2D eigenvalue weighted by molar-refractivity contribution is 5.91. The third-order valence-corrected chi connectivity index (χ3v) is 3.44. The smallest absolute Gasteiger partial charge is 0.228 e. The van der Waals surface area contributed by atoms with Gasteiger partial charge in [-0.3, -0.25) is 4.79 Å². The van der Waals surface area contributed by atoms with Crippen LogP contribution < -0.4 is 10.6 Å². The summed E-state index contributed by atoms with van der Waals surface area (Å²) in [6.45, 7) is 4.35. The highest BCUT2D eigenvalue weighted by Crippen LogP contribution is 2.24. The Morgan fingerprint density at radius 3 is 2.79 bits per heavy atom. The zero-order valence-corrected chi connectivity index (χ0v) is 11.2. The van der Waals surface area contributed by atoms with Crippen LogP contribution in [0.3, 0.4) is 0 Å². The van der Waals surface area contributed by atoms with Gasteiger partial charge in [-0.25, -0.2) is 4.98 Å². The first kappa shape index (κ1) is 13.6. The second-order valence-corrected chi connectivity index (χ2v) is 4.93. The van der Waals surface area contributed by atoms with Crippen molar-refractivity contribution in [3.8, 4) is 0 Å². The fraction of sp³-hybridized carbons (Fsp3) is 0.467. The lowest BCUT2D eigenvalue weighted by Gasteiger charge is -2.20. The van der Waals surface area contributed by atoms with Gasteiger partial charge in [0.2, 0.25) is 5.91 Å². The number of carbonyl (C=O) groups excluding carboxylic acids is 1. The number of hydrogen-bond acceptors (Lipinski definition) is 3. The van der Waals surface area contributed by atoms with Gasteiger partial charge in [-0.15, -0.1) is 6.58 Å². The molecule has 1 saturated carbocycles. The van der Waals surface area contributed by atoms with Crippen LogP contribution in [0.15, 0.2) is 31.0 Å². The zero-order chi connectivity index (χ0) is 13.5. The van der Waals surface area contributed by atoms with Gasteiger partial charge in [-0.2, -0.15) is 0 Å². The van der Waals surface area contributed by atoms with Gasteiger partial charge in [0.15, 0.2) is 0 Å². The molecule has 0 atom stereocenters. The van der Waals surface area contributed by atoms with Crippen molar-refractivity contribution in [2.24, 2.45) is 5.92 Å². The maximum atomic E-state index is 12.0. The molecule has 1 aromatic heterocycles. The van der Waals surface area contributed by atoms with E-state index in [1.807, 2.05) is 12.1 Å². The number of aromatic nitrogens is 1. The molecule has 0 radical (unpaired) electrons. The number of hydrogen-bond donors (Lipinski definition) is 2. The van der Waals surface area contributed by atoms with Crippen molar-refractivity contribution in [3.05, 3.63) is 31.0 Å². The Morgan fingerprint density at radius 2 is 2.16 bits per heavy atom. The van der Waals surface area contributed by atoms with Crippen LogP contribution in [-0.4, -0.2) is 17.4 Å². The Kier molecular flexibility index (Phi) is 4.95. The van der Waals surface area contributed by atoms with E-state index in [9.17, 15) is 4.79 Å². The van der Waals surface area contributed by atoms with Gasteiger partial charge in [0.25, 0.3) is 0 Å². The molecule has 1 fully saturated rings. The van der Waals surface area contributed by atoms with E-state index in [0.717, 1.165) is 31.4 Å². The summed E-state index contributed by atoms with van der Waals surface area (Å²) in [4.78, 5) is 16.3. The summed E-state index contributed by atoms with van der Waals surface area (Å²) in [5.74, 6) is 0.896. The topological polar surface area (TPSA) is 54.0 Å². The standard InChI is InChI=1S/C15H21N3O/c1-2-10-16-13-8-9-14(17-11-13)18-15(19)12-6-4-3-5-7-12/h2,8-9,11-12,16H,1,3-7,10H2,(H,17,18,19). The number of nitrogens with zero attached hydrogens (tertiary/aromatic N) is 1. The molecule has 1 aromatic rings. The van der Waals surface area contributed by atoms with Gasteiger partial charge in [0.05, 0.1) is 11.9 Å². The average molecular weight is 259 g/mol. The van der Waals surface area contributed by atoms with Gasteiger partial charge >= 0.3 is 0 Å². The molecule has 0 aliphatic heterocycles. The first-order valence-corrected chi connectivity index (χ1v) is 6.91. The number of nitrogens with one attached hydrogen (secondary N) is 2. The molecule has 1 heterocycles. The van der Waals surface area contributed by atoms with Crippen molar-refractivity contribution in [1.82, 2.24) is 4.98 Å². The largest absolute Gasteiger partial charge is 0.380 e. The Morgan fingerprint density at radius 1 is 1.37 bits per heavy atom. The molecule has 0 saturated heterocycles. The molecular weight excluding hydrogens is 238 g/mol. The van der Waals surface area contributed by atoms with Crippen LogP contribution >= 0.6 is 0 Å². The molecule has 0 unspecified atom stereocenters. The van der Waals surface area contributed by atoms with E-state index in [-0.39, 0.29) is 11.8 Å². The van der Waals surface area contributed by atoms with Crippen molar-refractivity contribution >= 4 is 17.4 Å². The maximum Gasteiger partial charge on any atom is 0.228 e. The number of pyridine rings is 1. The molecule has 0 aromatic carbocycles. The Bertz CT molecular complexity index is 422. The van der Waals surface area contributed by atoms with Crippen molar-refractivity contribution in [2.45, 2.75) is 32.1 Å². The Balaban J connectivity index is 1.87. The quantitative estimate of drug-likeness (QED) is 0.798. The summed E-state index contributed by atoms with van der Waals surface area (Å²) in [7, 11) is 0. The lowest BCUT2D eigenvalue weighted by molar-refractivity contribution is -0.120. The lowest BCUT2D eigenvalue weighted by atomic mass is 9.89. The summed E-state index contributed by atoms with van der Waals surface area (Å²) in [6, 6.07) is 3.74. The third-order valence-electron chi connectivity index (χ3n) is 3.44. The van der Waals surface area contributed by atoms with Crippen LogP contribution in [0.5, 0.6) is 0 Å². The van der Waals surface area contributed by atoms with E-state index < -0.39 is 0 Å². The minimum Gasteiger partial charge on any atom is -0.380 e. The minimum absolute atomic E-state index is 0.110. The lowest BCUT2D eigenvalue weighted by Crippen LogP contribution is -2.25. The first-order chi connectivity index (χ1) is 9.29. The second-order valence-electron chi connectivity index (χ2n) is 4.93. The molecule has 0 bridgehead atoms. The summed E-state index contributed by atoms with van der Waals surface area (Å²) >= 11 is 0. The molecule has 1 aliphatic rings. The maximum absolute atomic E-state index is 12.0. The fourth-order valence-electron chi connectivity index (χ4n) is 2.36. The van der Waals surface area contributed by atoms with E-state index in [2.05, 4.69) is 22.2 Å². The monoisotopic (exact) mass is 259 g/mol. The van der Waals surface area contributed by atoms with E-state index >= 15 is 0 Å². The van der Waals surface area contributed by atoms with E-state index in [1.165, 1.54) is 6.42 Å². The van der Waals surface area contributed by atoms with E-state index in [0.29, 0.717) is 12.4 Å². The van der Waals surface area contributed by atoms with Crippen LogP contribution in [-0.2, 0) is 4.79 Å². The van der Waals surface area contributed by atoms with Gasteiger partial charge in [0, 0.05) is 12.5 Å². The van der Waals surface area contributed by atoms with Crippen molar-refractivity contribution in [2.75, 3.05) is 17.2 Å². The van der Waals surface area contributed by atoms with Crippen LogP contribution in [0.1, 0.15) is 32.1 Å². The van der Waals surface area contributed by atoms with E-state index in [4.69, 9.17) is 0 Å². The number of carbonyl (C=O) groups is 1. The van der Waals surface area contributed by atoms with Crippen LogP contribution in [0, 0.1) is 5.92 Å². The summed E-state index contributed by atoms with van der Waals surface area (Å²) in [5, 5.41) is 6.04. The summed E-state index contributed by atoms with van der Waals surface area (Å²) < 4.78 is 0. The molecule has 2 rings (SSSR count).